The van der Waals surface area contributed by atoms with E-state index in [1.165, 1.54) is 0 Å². The SMILES string of the molecule is O=[SH](=O)CCCN1CCOCC1. The van der Waals surface area contributed by atoms with Gasteiger partial charge in [-0.05, 0) is 13.0 Å². The lowest BCUT2D eigenvalue weighted by molar-refractivity contribution is 0.0381. The lowest BCUT2D eigenvalue weighted by Crippen LogP contribution is -2.37. The monoisotopic (exact) mass is 193 g/mol. The average Bonchev–Trinajstić information content (AvgIpc) is 2.05. The number of thiol groups is 1. The first-order chi connectivity index (χ1) is 5.79. The van der Waals surface area contributed by atoms with Crippen molar-refractivity contribution in [2.75, 3.05) is 38.6 Å². The molecule has 5 heteroatoms. The van der Waals surface area contributed by atoms with Gasteiger partial charge >= 0.3 is 0 Å². The summed E-state index contributed by atoms with van der Waals surface area (Å²) in [5, 5.41) is 0. The maximum atomic E-state index is 10.2. The van der Waals surface area contributed by atoms with Crippen LogP contribution in [0.25, 0.3) is 0 Å². The first-order valence-corrected chi connectivity index (χ1v) is 5.57. The summed E-state index contributed by atoms with van der Waals surface area (Å²) in [6, 6.07) is 0. The summed E-state index contributed by atoms with van der Waals surface area (Å²) in [4.78, 5) is 2.24. The Morgan fingerprint density at radius 3 is 2.50 bits per heavy atom. The van der Waals surface area contributed by atoms with Crippen LogP contribution < -0.4 is 0 Å². The fourth-order valence-electron chi connectivity index (χ4n) is 1.25. The highest BCUT2D eigenvalue weighted by Gasteiger charge is 2.08. The molecule has 12 heavy (non-hydrogen) atoms. The van der Waals surface area contributed by atoms with Gasteiger partial charge in [0.1, 0.15) is 10.7 Å². The van der Waals surface area contributed by atoms with Gasteiger partial charge in [0.25, 0.3) is 0 Å². The summed E-state index contributed by atoms with van der Waals surface area (Å²) < 4.78 is 25.6. The minimum atomic E-state index is -2.19. The maximum absolute atomic E-state index is 10.2. The normalized spacial score (nSPS) is 20.1. The molecule has 0 N–H and O–H groups in total. The molecule has 1 rings (SSSR count). The predicted molar refractivity (Wildman–Crippen MR) is 47.1 cm³/mol. The molecule has 0 spiro atoms. The molecule has 0 aromatic carbocycles. The lowest BCUT2D eigenvalue weighted by atomic mass is 10.4. The van der Waals surface area contributed by atoms with Crippen LogP contribution in [0.15, 0.2) is 0 Å². The number of morpholine rings is 1. The van der Waals surface area contributed by atoms with Crippen LogP contribution in [0.5, 0.6) is 0 Å². The average molecular weight is 193 g/mol. The second-order valence-corrected chi connectivity index (χ2v) is 3.98. The van der Waals surface area contributed by atoms with Crippen LogP contribution >= 0.6 is 0 Å². The van der Waals surface area contributed by atoms with Crippen molar-refractivity contribution in [1.29, 1.82) is 0 Å². The van der Waals surface area contributed by atoms with Crippen molar-refractivity contribution in [1.82, 2.24) is 4.90 Å². The lowest BCUT2D eigenvalue weighted by Gasteiger charge is -2.25. The van der Waals surface area contributed by atoms with Crippen molar-refractivity contribution in [3.63, 3.8) is 0 Å². The largest absolute Gasteiger partial charge is 0.379 e. The van der Waals surface area contributed by atoms with E-state index in [-0.39, 0.29) is 0 Å². The fraction of sp³-hybridized carbons (Fsp3) is 1.00. The van der Waals surface area contributed by atoms with Gasteiger partial charge < -0.3 is 4.74 Å². The predicted octanol–water partition coefficient (Wildman–Crippen LogP) is -0.680. The third-order valence-electron chi connectivity index (χ3n) is 1.92. The maximum Gasteiger partial charge on any atom is 0.140 e. The fourth-order valence-corrected chi connectivity index (χ4v) is 1.65. The third kappa shape index (κ3) is 4.04. The number of ether oxygens (including phenoxy) is 1. The van der Waals surface area contributed by atoms with Crippen LogP contribution in [0.4, 0.5) is 0 Å². The van der Waals surface area contributed by atoms with E-state index in [1.54, 1.807) is 0 Å². The van der Waals surface area contributed by atoms with Crippen molar-refractivity contribution >= 4 is 10.7 Å². The molecule has 4 nitrogen and oxygen atoms in total. The molecular formula is C7H15NO3S. The number of hydrogen-bond acceptors (Lipinski definition) is 4. The van der Waals surface area contributed by atoms with E-state index >= 15 is 0 Å². The molecule has 0 amide bonds. The van der Waals surface area contributed by atoms with Gasteiger partial charge in [-0.15, -0.1) is 0 Å². The molecule has 0 aliphatic carbocycles. The van der Waals surface area contributed by atoms with Gasteiger partial charge in [0, 0.05) is 18.8 Å². The summed E-state index contributed by atoms with van der Waals surface area (Å²) in [5.74, 6) is 0.312. The highest BCUT2D eigenvalue weighted by Crippen LogP contribution is 1.97. The Balaban J connectivity index is 2.05. The summed E-state index contributed by atoms with van der Waals surface area (Å²) in [7, 11) is -2.19. The molecule has 0 radical (unpaired) electrons. The second-order valence-electron chi connectivity index (χ2n) is 2.86. The van der Waals surface area contributed by atoms with E-state index in [4.69, 9.17) is 4.74 Å². The van der Waals surface area contributed by atoms with Crippen molar-refractivity contribution in [2.24, 2.45) is 0 Å². The molecule has 1 saturated heterocycles. The zero-order chi connectivity index (χ0) is 8.81. The Bertz CT molecular complexity index is 179. The zero-order valence-electron chi connectivity index (χ0n) is 7.07. The Hall–Kier alpha value is -0.130. The molecule has 1 aliphatic rings. The molecule has 1 heterocycles. The zero-order valence-corrected chi connectivity index (χ0v) is 7.96. The Kier molecular flexibility index (Phi) is 4.57. The molecule has 72 valence electrons. The van der Waals surface area contributed by atoms with Gasteiger partial charge in [0.15, 0.2) is 0 Å². The summed E-state index contributed by atoms with van der Waals surface area (Å²) >= 11 is 0. The molecule has 1 fully saturated rings. The van der Waals surface area contributed by atoms with E-state index in [0.717, 1.165) is 39.3 Å². The van der Waals surface area contributed by atoms with Gasteiger partial charge in [-0.3, -0.25) is 4.90 Å². The molecule has 0 atom stereocenters. The number of hydrogen-bond donors (Lipinski definition) is 1. The third-order valence-corrected chi connectivity index (χ3v) is 2.60. The minimum Gasteiger partial charge on any atom is -0.379 e. The van der Waals surface area contributed by atoms with Crippen LogP contribution in [0.3, 0.4) is 0 Å². The van der Waals surface area contributed by atoms with Crippen molar-refractivity contribution in [3.05, 3.63) is 0 Å². The van der Waals surface area contributed by atoms with E-state index in [1.807, 2.05) is 0 Å². The van der Waals surface area contributed by atoms with Crippen LogP contribution in [0, 0.1) is 0 Å². The Labute approximate surface area is 74.5 Å². The topological polar surface area (TPSA) is 46.6 Å². The first-order valence-electron chi connectivity index (χ1n) is 4.21. The van der Waals surface area contributed by atoms with Crippen molar-refractivity contribution in [2.45, 2.75) is 6.42 Å². The Morgan fingerprint density at radius 1 is 1.25 bits per heavy atom. The molecule has 0 aromatic heterocycles. The van der Waals surface area contributed by atoms with Gasteiger partial charge in [-0.1, -0.05) is 0 Å². The van der Waals surface area contributed by atoms with Gasteiger partial charge in [-0.25, -0.2) is 8.42 Å². The molecule has 0 bridgehead atoms. The minimum absolute atomic E-state index is 0.312. The van der Waals surface area contributed by atoms with E-state index in [9.17, 15) is 8.42 Å². The van der Waals surface area contributed by atoms with E-state index < -0.39 is 10.7 Å². The van der Waals surface area contributed by atoms with Crippen LogP contribution in [0.1, 0.15) is 6.42 Å². The number of rotatable bonds is 4. The molecule has 0 aromatic rings. The summed E-state index contributed by atoms with van der Waals surface area (Å²) in [6.45, 7) is 4.32. The molecular weight excluding hydrogens is 178 g/mol. The van der Waals surface area contributed by atoms with Crippen molar-refractivity contribution < 1.29 is 13.2 Å². The van der Waals surface area contributed by atoms with E-state index in [2.05, 4.69) is 4.90 Å². The number of nitrogens with zero attached hydrogens (tertiary/aromatic N) is 1. The standard InChI is InChI=1S/C7H15NO3S/c9-12(10)7-1-2-8-3-5-11-6-4-8/h12H,1-7H2. The van der Waals surface area contributed by atoms with Crippen LogP contribution in [0.2, 0.25) is 0 Å². The molecule has 1 aliphatic heterocycles. The summed E-state index contributed by atoms with van der Waals surface area (Å²) in [6.07, 6.45) is 0.749. The summed E-state index contributed by atoms with van der Waals surface area (Å²) in [5.41, 5.74) is 0. The van der Waals surface area contributed by atoms with Gasteiger partial charge in [0.2, 0.25) is 0 Å². The molecule has 0 saturated carbocycles. The second kappa shape index (κ2) is 5.50. The van der Waals surface area contributed by atoms with Crippen LogP contribution in [-0.2, 0) is 15.4 Å². The highest BCUT2D eigenvalue weighted by molar-refractivity contribution is 7.72. The Morgan fingerprint density at radius 2 is 1.92 bits per heavy atom. The van der Waals surface area contributed by atoms with Crippen LogP contribution in [-0.4, -0.2) is 51.9 Å². The van der Waals surface area contributed by atoms with Gasteiger partial charge in [-0.2, -0.15) is 0 Å². The van der Waals surface area contributed by atoms with E-state index in [0.29, 0.717) is 5.75 Å². The molecule has 0 unspecified atom stereocenters. The van der Waals surface area contributed by atoms with Crippen molar-refractivity contribution in [3.8, 4) is 0 Å². The smallest absolute Gasteiger partial charge is 0.140 e. The highest BCUT2D eigenvalue weighted by atomic mass is 32.2. The van der Waals surface area contributed by atoms with Gasteiger partial charge in [0.05, 0.1) is 13.2 Å². The first kappa shape index (κ1) is 9.95. The quantitative estimate of drug-likeness (QED) is 0.601.